The summed E-state index contributed by atoms with van der Waals surface area (Å²) in [5.41, 5.74) is 1.13. The van der Waals surface area contributed by atoms with Gasteiger partial charge in [0.25, 0.3) is 5.91 Å². The van der Waals surface area contributed by atoms with Crippen LogP contribution in [0.4, 0.5) is 0 Å². The lowest BCUT2D eigenvalue weighted by Crippen LogP contribution is -2.45. The average Bonchev–Trinajstić information content (AvgIpc) is 2.53. The normalized spacial score (nSPS) is 16.6. The van der Waals surface area contributed by atoms with Crippen molar-refractivity contribution in [3.63, 3.8) is 0 Å². The monoisotopic (exact) mass is 271 g/mol. The molecule has 1 aliphatic rings. The molecule has 106 valence electrons. The van der Waals surface area contributed by atoms with Crippen molar-refractivity contribution in [2.24, 2.45) is 0 Å². The highest BCUT2D eigenvalue weighted by atomic mass is 16.2. The fraction of sp³-hybridized carbons (Fsp3) is 0.500. The van der Waals surface area contributed by atoms with Crippen molar-refractivity contribution in [2.75, 3.05) is 26.7 Å². The number of amides is 1. The molecule has 0 radical (unpaired) electrons. The first-order valence-corrected chi connectivity index (χ1v) is 7.15. The van der Waals surface area contributed by atoms with Crippen molar-refractivity contribution in [1.29, 1.82) is 5.26 Å². The molecule has 1 amide bonds. The summed E-state index contributed by atoms with van der Waals surface area (Å²) in [6, 6.07) is 9.31. The van der Waals surface area contributed by atoms with E-state index in [1.807, 2.05) is 11.9 Å². The number of likely N-dealkylation sites (tertiary alicyclic amines) is 1. The Morgan fingerprint density at radius 2 is 2.15 bits per heavy atom. The molecule has 0 unspecified atom stereocenters. The first kappa shape index (κ1) is 14.5. The van der Waals surface area contributed by atoms with Crippen LogP contribution < -0.4 is 0 Å². The number of carbonyl (C=O) groups is 1. The minimum absolute atomic E-state index is 0.0112. The molecule has 1 aliphatic heterocycles. The molecule has 0 aliphatic carbocycles. The minimum Gasteiger partial charge on any atom is -0.339 e. The van der Waals surface area contributed by atoms with Crippen molar-refractivity contribution in [1.82, 2.24) is 9.80 Å². The molecule has 1 fully saturated rings. The van der Waals surface area contributed by atoms with Gasteiger partial charge in [0.2, 0.25) is 0 Å². The molecule has 0 spiro atoms. The molecule has 0 N–H and O–H groups in total. The summed E-state index contributed by atoms with van der Waals surface area (Å²) in [6.45, 7) is 5.35. The Hall–Kier alpha value is -1.86. The molecule has 1 heterocycles. The van der Waals surface area contributed by atoms with Gasteiger partial charge < -0.3 is 9.80 Å². The maximum absolute atomic E-state index is 12.5. The lowest BCUT2D eigenvalue weighted by atomic mass is 10.0. The van der Waals surface area contributed by atoms with Gasteiger partial charge >= 0.3 is 0 Å². The number of nitriles is 1. The van der Waals surface area contributed by atoms with E-state index in [1.54, 1.807) is 24.3 Å². The molecule has 0 bridgehead atoms. The number of piperidine rings is 1. The van der Waals surface area contributed by atoms with Crippen LogP contribution in [0.5, 0.6) is 0 Å². The Morgan fingerprint density at radius 3 is 2.75 bits per heavy atom. The van der Waals surface area contributed by atoms with E-state index in [9.17, 15) is 4.79 Å². The highest BCUT2D eigenvalue weighted by Crippen LogP contribution is 2.17. The van der Waals surface area contributed by atoms with Gasteiger partial charge in [0.15, 0.2) is 0 Å². The van der Waals surface area contributed by atoms with Crippen LogP contribution in [0, 0.1) is 11.3 Å². The molecule has 1 aromatic carbocycles. The maximum atomic E-state index is 12.5. The summed E-state index contributed by atoms with van der Waals surface area (Å²) in [6.07, 6.45) is 2.04. The average molecular weight is 271 g/mol. The molecule has 4 nitrogen and oxygen atoms in total. The second kappa shape index (κ2) is 6.53. The Kier molecular flexibility index (Phi) is 4.75. The first-order valence-electron chi connectivity index (χ1n) is 7.15. The van der Waals surface area contributed by atoms with Crippen LogP contribution in [0.2, 0.25) is 0 Å². The van der Waals surface area contributed by atoms with E-state index < -0.39 is 0 Å². The molecule has 2 rings (SSSR count). The number of rotatable bonds is 3. The molecule has 20 heavy (non-hydrogen) atoms. The minimum atomic E-state index is 0.0112. The van der Waals surface area contributed by atoms with E-state index >= 15 is 0 Å². The molecular formula is C16H21N3O. The van der Waals surface area contributed by atoms with Crippen LogP contribution in [0.3, 0.4) is 0 Å². The van der Waals surface area contributed by atoms with Gasteiger partial charge in [-0.2, -0.15) is 5.26 Å². The van der Waals surface area contributed by atoms with E-state index in [0.29, 0.717) is 17.2 Å². The van der Waals surface area contributed by atoms with Gasteiger partial charge in [0, 0.05) is 31.7 Å². The van der Waals surface area contributed by atoms with Gasteiger partial charge in [-0.15, -0.1) is 0 Å². The number of carbonyl (C=O) groups excluding carboxylic acids is 1. The molecule has 4 heteroatoms. The van der Waals surface area contributed by atoms with Crippen LogP contribution in [0.1, 0.15) is 35.7 Å². The van der Waals surface area contributed by atoms with Crippen LogP contribution in [0.25, 0.3) is 0 Å². The Balaban J connectivity index is 2.03. The second-order valence-electron chi connectivity index (χ2n) is 5.27. The van der Waals surface area contributed by atoms with Crippen molar-refractivity contribution >= 4 is 5.91 Å². The SMILES string of the molecule is CCN1CCC(N(C)C(=O)c2cccc(C#N)c2)CC1. The number of hydrogen-bond donors (Lipinski definition) is 0. The molecule has 1 saturated heterocycles. The topological polar surface area (TPSA) is 47.3 Å². The van der Waals surface area contributed by atoms with Crippen molar-refractivity contribution in [3.8, 4) is 6.07 Å². The van der Waals surface area contributed by atoms with Gasteiger partial charge in [-0.25, -0.2) is 0 Å². The first-order chi connectivity index (χ1) is 9.65. The largest absolute Gasteiger partial charge is 0.339 e. The quantitative estimate of drug-likeness (QED) is 0.846. The van der Waals surface area contributed by atoms with E-state index in [1.165, 1.54) is 0 Å². The summed E-state index contributed by atoms with van der Waals surface area (Å²) in [4.78, 5) is 16.7. The highest BCUT2D eigenvalue weighted by Gasteiger charge is 2.25. The summed E-state index contributed by atoms with van der Waals surface area (Å²) in [7, 11) is 1.87. The number of hydrogen-bond acceptors (Lipinski definition) is 3. The zero-order valence-corrected chi connectivity index (χ0v) is 12.2. The Labute approximate surface area is 120 Å². The number of benzene rings is 1. The Bertz CT molecular complexity index is 513. The Morgan fingerprint density at radius 1 is 1.45 bits per heavy atom. The van der Waals surface area contributed by atoms with Gasteiger partial charge in [0.1, 0.15) is 0 Å². The summed E-state index contributed by atoms with van der Waals surface area (Å²) in [5, 5.41) is 8.91. The van der Waals surface area contributed by atoms with E-state index in [4.69, 9.17) is 5.26 Å². The summed E-state index contributed by atoms with van der Waals surface area (Å²) < 4.78 is 0. The molecular weight excluding hydrogens is 250 g/mol. The molecule has 0 aromatic heterocycles. The van der Waals surface area contributed by atoms with Crippen LogP contribution in [-0.4, -0.2) is 48.4 Å². The van der Waals surface area contributed by atoms with Crippen LogP contribution >= 0.6 is 0 Å². The number of nitrogens with zero attached hydrogens (tertiary/aromatic N) is 3. The van der Waals surface area contributed by atoms with E-state index in [-0.39, 0.29) is 5.91 Å². The smallest absolute Gasteiger partial charge is 0.253 e. The van der Waals surface area contributed by atoms with Crippen molar-refractivity contribution in [3.05, 3.63) is 35.4 Å². The lowest BCUT2D eigenvalue weighted by Gasteiger charge is -2.36. The predicted octanol–water partition coefficient (Wildman–Crippen LogP) is 2.11. The second-order valence-corrected chi connectivity index (χ2v) is 5.27. The van der Waals surface area contributed by atoms with Crippen molar-refractivity contribution < 1.29 is 4.79 Å². The zero-order valence-electron chi connectivity index (χ0n) is 12.2. The van der Waals surface area contributed by atoms with E-state index in [2.05, 4.69) is 17.9 Å². The molecule has 0 atom stereocenters. The van der Waals surface area contributed by atoms with Crippen molar-refractivity contribution in [2.45, 2.75) is 25.8 Å². The third-order valence-electron chi connectivity index (χ3n) is 4.11. The van der Waals surface area contributed by atoms with Gasteiger partial charge in [-0.1, -0.05) is 13.0 Å². The van der Waals surface area contributed by atoms with Crippen LogP contribution in [0.15, 0.2) is 24.3 Å². The third kappa shape index (κ3) is 3.17. The fourth-order valence-corrected chi connectivity index (χ4v) is 2.71. The third-order valence-corrected chi connectivity index (χ3v) is 4.11. The lowest BCUT2D eigenvalue weighted by molar-refractivity contribution is 0.0647. The van der Waals surface area contributed by atoms with Gasteiger partial charge in [-0.3, -0.25) is 4.79 Å². The maximum Gasteiger partial charge on any atom is 0.253 e. The van der Waals surface area contributed by atoms with Gasteiger partial charge in [0.05, 0.1) is 11.6 Å². The fourth-order valence-electron chi connectivity index (χ4n) is 2.71. The standard InChI is InChI=1S/C16H21N3O/c1-3-19-9-7-15(8-10-19)18(2)16(20)14-6-4-5-13(11-14)12-17/h4-6,11,15H,3,7-10H2,1-2H3. The van der Waals surface area contributed by atoms with Crippen LogP contribution in [-0.2, 0) is 0 Å². The predicted molar refractivity (Wildman–Crippen MR) is 78.4 cm³/mol. The van der Waals surface area contributed by atoms with E-state index in [0.717, 1.165) is 32.5 Å². The molecule has 1 aromatic rings. The summed E-state index contributed by atoms with van der Waals surface area (Å²) >= 11 is 0. The zero-order chi connectivity index (χ0) is 14.5. The summed E-state index contributed by atoms with van der Waals surface area (Å²) in [5.74, 6) is 0.0112. The highest BCUT2D eigenvalue weighted by molar-refractivity contribution is 5.94. The molecule has 0 saturated carbocycles. The van der Waals surface area contributed by atoms with Gasteiger partial charge in [-0.05, 0) is 37.6 Å².